The van der Waals surface area contributed by atoms with Crippen molar-refractivity contribution in [3.05, 3.63) is 0 Å². The Balaban J connectivity index is 3.21. The zero-order valence-corrected chi connectivity index (χ0v) is 9.04. The van der Waals surface area contributed by atoms with Crippen molar-refractivity contribution >= 4 is 18.5 Å². The molecule has 0 aromatic heterocycles. The van der Waals surface area contributed by atoms with Crippen molar-refractivity contribution in [1.82, 2.24) is 0 Å². The van der Waals surface area contributed by atoms with E-state index < -0.39 is 5.15 Å². The molecule has 0 aliphatic rings. The summed E-state index contributed by atoms with van der Waals surface area (Å²) in [6, 6.07) is 0. The normalized spacial score (nSPS) is 12.6. The van der Waals surface area contributed by atoms with E-state index in [0.29, 0.717) is 12.3 Å². The molecule has 0 saturated carbocycles. The highest BCUT2D eigenvalue weighted by Gasteiger charge is 2.14. The van der Waals surface area contributed by atoms with Crippen LogP contribution in [0.15, 0.2) is 0 Å². The number of hydrogen-bond acceptors (Lipinski definition) is 0. The largest absolute Gasteiger partial charge is 0.235 e. The average Bonchev–Trinajstić information content (AvgIpc) is 1.59. The molecule has 0 bridgehead atoms. The summed E-state index contributed by atoms with van der Waals surface area (Å²) in [5.41, 5.74) is 0. The number of hydrogen-bond donors (Lipinski definition) is 0. The minimum Gasteiger partial charge on any atom is -0.235 e. The van der Waals surface area contributed by atoms with Crippen molar-refractivity contribution in [3.8, 4) is 0 Å². The molecule has 0 amide bonds. The summed E-state index contributed by atoms with van der Waals surface area (Å²) in [5.74, 6) is 0.692. The highest BCUT2D eigenvalue weighted by Crippen LogP contribution is 2.34. The molecule has 0 radical (unpaired) electrons. The zero-order valence-electron chi connectivity index (χ0n) is 6.73. The smallest absolute Gasteiger partial charge is 0.136 e. The Kier molecular flexibility index (Phi) is 4.99. The number of rotatable bonds is 4. The molecule has 3 heteroatoms. The molecule has 0 aliphatic carbocycles. The Morgan fingerprint density at radius 2 is 1.90 bits per heavy atom. The van der Waals surface area contributed by atoms with Crippen LogP contribution in [-0.2, 0) is 0 Å². The number of halogens is 1. The second-order valence-corrected chi connectivity index (χ2v) is 5.80. The van der Waals surface area contributed by atoms with Crippen LogP contribution in [0.25, 0.3) is 0 Å². The maximum Gasteiger partial charge on any atom is 0.136 e. The molecule has 62 valence electrons. The minimum absolute atomic E-state index is 0.626. The first-order valence-corrected chi connectivity index (χ1v) is 4.84. The summed E-state index contributed by atoms with van der Waals surface area (Å²) in [6.45, 7) is 4.32. The molecular weight excluding hydrogens is 165 g/mol. The van der Waals surface area contributed by atoms with Crippen LogP contribution in [0.2, 0.25) is 0 Å². The lowest BCUT2D eigenvalue weighted by Crippen LogP contribution is -2.01. The van der Waals surface area contributed by atoms with Crippen LogP contribution in [0.3, 0.4) is 0 Å². The quantitative estimate of drug-likeness (QED) is 0.586. The first kappa shape index (κ1) is 10.8. The van der Waals surface area contributed by atoms with Crippen LogP contribution in [-0.4, -0.2) is 5.15 Å². The van der Waals surface area contributed by atoms with E-state index in [-0.39, 0.29) is 0 Å². The fourth-order valence-corrected chi connectivity index (χ4v) is 1.19. The van der Waals surface area contributed by atoms with Gasteiger partial charge in [-0.3, -0.25) is 0 Å². The van der Waals surface area contributed by atoms with Gasteiger partial charge in [0, 0.05) is 0 Å². The fourth-order valence-electron chi connectivity index (χ4n) is 0.781. The van der Waals surface area contributed by atoms with E-state index in [9.17, 15) is 4.39 Å². The van der Waals surface area contributed by atoms with Gasteiger partial charge in [-0.25, -0.2) is 4.39 Å². The van der Waals surface area contributed by atoms with Gasteiger partial charge in [0.2, 0.25) is 0 Å². The highest BCUT2D eigenvalue weighted by atomic mass is 31.1. The third-order valence-electron chi connectivity index (χ3n) is 1.34. The highest BCUT2D eigenvalue weighted by molar-refractivity contribution is 7.39. The lowest BCUT2D eigenvalue weighted by molar-refractivity contribution is 0.365. The molecule has 10 heavy (non-hydrogen) atoms. The molecule has 0 aromatic rings. The molecule has 0 rings (SSSR count). The van der Waals surface area contributed by atoms with Gasteiger partial charge < -0.3 is 0 Å². The lowest BCUT2D eigenvalue weighted by atomic mass is 10.1. The van der Waals surface area contributed by atoms with Crippen molar-refractivity contribution in [1.29, 1.82) is 0 Å². The molecule has 0 nitrogen and oxygen atoms in total. The predicted molar refractivity (Wildman–Crippen MR) is 51.9 cm³/mol. The first-order valence-electron chi connectivity index (χ1n) is 3.68. The van der Waals surface area contributed by atoms with E-state index in [4.69, 9.17) is 0 Å². The molecular formula is C7H17FP2. The Bertz CT molecular complexity index is 86.1. The molecule has 2 unspecified atom stereocenters. The first-order chi connectivity index (χ1) is 4.42. The third-order valence-corrected chi connectivity index (χ3v) is 1.92. The van der Waals surface area contributed by atoms with Crippen LogP contribution in [0, 0.1) is 5.92 Å². The van der Waals surface area contributed by atoms with Gasteiger partial charge in [-0.15, -0.1) is 0 Å². The molecule has 0 heterocycles. The summed E-state index contributed by atoms with van der Waals surface area (Å²) < 4.78 is 12.8. The summed E-state index contributed by atoms with van der Waals surface area (Å²) >= 11 is 0. The Labute approximate surface area is 67.8 Å². The van der Waals surface area contributed by atoms with Gasteiger partial charge in [-0.1, -0.05) is 38.7 Å². The monoisotopic (exact) mass is 182 g/mol. The predicted octanol–water partition coefficient (Wildman–Crippen LogP) is 3.19. The lowest BCUT2D eigenvalue weighted by Gasteiger charge is -2.13. The molecule has 0 fully saturated rings. The molecule has 0 aromatic carbocycles. The van der Waals surface area contributed by atoms with Gasteiger partial charge in [-0.05, 0) is 18.8 Å². The van der Waals surface area contributed by atoms with Gasteiger partial charge in [0.05, 0.1) is 0 Å². The fraction of sp³-hybridized carbons (Fsp3) is 1.00. The van der Waals surface area contributed by atoms with Crippen molar-refractivity contribution in [2.45, 2.75) is 38.3 Å². The van der Waals surface area contributed by atoms with Gasteiger partial charge in [0.25, 0.3) is 0 Å². The van der Waals surface area contributed by atoms with E-state index in [1.165, 1.54) is 0 Å². The van der Waals surface area contributed by atoms with Crippen LogP contribution in [0.5, 0.6) is 0 Å². The van der Waals surface area contributed by atoms with Gasteiger partial charge >= 0.3 is 0 Å². The summed E-state index contributed by atoms with van der Waals surface area (Å²) in [4.78, 5) is 0. The van der Waals surface area contributed by atoms with Crippen molar-refractivity contribution in [2.75, 3.05) is 0 Å². The molecule has 2 atom stereocenters. The van der Waals surface area contributed by atoms with Crippen LogP contribution < -0.4 is 0 Å². The average molecular weight is 182 g/mol. The number of alkyl halides is 1. The molecule has 0 saturated heterocycles. The summed E-state index contributed by atoms with van der Waals surface area (Å²) in [6.07, 6.45) is 2.72. The van der Waals surface area contributed by atoms with E-state index in [0.717, 1.165) is 12.8 Å². The van der Waals surface area contributed by atoms with E-state index in [2.05, 4.69) is 32.3 Å². The summed E-state index contributed by atoms with van der Waals surface area (Å²) in [7, 11) is 4.39. The minimum atomic E-state index is -1.13. The topological polar surface area (TPSA) is 0 Å². The maximum absolute atomic E-state index is 12.8. The van der Waals surface area contributed by atoms with Crippen LogP contribution >= 0.6 is 18.5 Å². The summed E-state index contributed by atoms with van der Waals surface area (Å²) in [5, 5.41) is -1.13. The van der Waals surface area contributed by atoms with E-state index in [1.54, 1.807) is 0 Å². The Morgan fingerprint density at radius 1 is 1.40 bits per heavy atom. The zero-order chi connectivity index (χ0) is 8.20. The second kappa shape index (κ2) is 4.62. The van der Waals surface area contributed by atoms with Gasteiger partial charge in [0.15, 0.2) is 0 Å². The van der Waals surface area contributed by atoms with Crippen molar-refractivity contribution < 1.29 is 4.39 Å². The van der Waals surface area contributed by atoms with Gasteiger partial charge in [0.1, 0.15) is 5.15 Å². The Morgan fingerprint density at radius 3 is 2.20 bits per heavy atom. The van der Waals surface area contributed by atoms with Crippen LogP contribution in [0.1, 0.15) is 33.1 Å². The molecule has 0 spiro atoms. The second-order valence-electron chi connectivity index (χ2n) is 3.21. The molecule has 0 N–H and O–H groups in total. The van der Waals surface area contributed by atoms with Crippen molar-refractivity contribution in [3.63, 3.8) is 0 Å². The van der Waals surface area contributed by atoms with Crippen molar-refractivity contribution in [2.24, 2.45) is 5.92 Å². The standard InChI is InChI=1S/C7H17FP2/c1-6(2)4-3-5-7(8,9)10/h6H,3-5,9-10H2,1-2H3. The maximum atomic E-state index is 12.8. The third kappa shape index (κ3) is 8.79. The van der Waals surface area contributed by atoms with E-state index in [1.807, 2.05) is 0 Å². The van der Waals surface area contributed by atoms with Crippen LogP contribution in [0.4, 0.5) is 4.39 Å². The van der Waals surface area contributed by atoms with E-state index >= 15 is 0 Å². The van der Waals surface area contributed by atoms with Gasteiger partial charge in [-0.2, -0.15) is 0 Å². The Hall–Kier alpha value is 0.790. The molecule has 0 aliphatic heterocycles. The SMILES string of the molecule is CC(C)CCCC(F)(P)P.